The Labute approximate surface area is 192 Å². The van der Waals surface area contributed by atoms with Crippen LogP contribution in [0.25, 0.3) is 0 Å². The van der Waals surface area contributed by atoms with E-state index in [0.29, 0.717) is 12.0 Å². The Hall–Kier alpha value is 0.280. The summed E-state index contributed by atoms with van der Waals surface area (Å²) in [7, 11) is -3.96. The molecule has 1 atom stereocenters. The Kier molecular flexibility index (Phi) is 22.4. The van der Waals surface area contributed by atoms with Crippen LogP contribution in [0.15, 0.2) is 12.2 Å². The summed E-state index contributed by atoms with van der Waals surface area (Å²) in [4.78, 5) is 11.2. The maximum absolute atomic E-state index is 12.0. The van der Waals surface area contributed by atoms with Gasteiger partial charge in [0.25, 0.3) is 0 Å². The van der Waals surface area contributed by atoms with Crippen LogP contribution in [0.1, 0.15) is 84.5 Å². The summed E-state index contributed by atoms with van der Waals surface area (Å²) in [5.74, 6) is -0.492. The van der Waals surface area contributed by atoms with Gasteiger partial charge in [-0.2, -0.15) is 0 Å². The molecular weight excluding hydrogens is 394 g/mol. The van der Waals surface area contributed by atoms with Crippen molar-refractivity contribution in [1.82, 2.24) is 0 Å². The first-order chi connectivity index (χ1) is 12.9. The van der Waals surface area contributed by atoms with Crippen LogP contribution in [0.5, 0.6) is 0 Å². The minimum Gasteiger partial charge on any atom is -0.462 e. The summed E-state index contributed by atoms with van der Waals surface area (Å²) in [6.07, 6.45) is 12.1. The Morgan fingerprint density at radius 2 is 1.32 bits per heavy atom. The number of carbonyl (C=O) groups excluding carboxylic acids is 1. The van der Waals surface area contributed by atoms with Gasteiger partial charge < -0.3 is 4.74 Å². The SMILES string of the molecule is C=C(C)C(=O)OCCCOP(=O)(OO)OCCCCCCCCCCCC.[Na+]. The number of esters is 1. The van der Waals surface area contributed by atoms with E-state index in [1.54, 1.807) is 6.92 Å². The number of hydrogen-bond donors (Lipinski definition) is 1. The minimum absolute atomic E-state index is 0. The van der Waals surface area contributed by atoms with Crippen LogP contribution in [0.3, 0.4) is 0 Å². The summed E-state index contributed by atoms with van der Waals surface area (Å²) in [5.41, 5.74) is 0.306. The Bertz CT molecular complexity index is 446. The summed E-state index contributed by atoms with van der Waals surface area (Å²) in [6, 6.07) is 0. The molecule has 0 aliphatic heterocycles. The van der Waals surface area contributed by atoms with Gasteiger partial charge in [0, 0.05) is 12.0 Å². The van der Waals surface area contributed by atoms with Gasteiger partial charge in [0.05, 0.1) is 19.8 Å². The standard InChI is InChI=1S/C19H37O7P.Na/c1-4-5-6-7-8-9-10-11-12-13-16-24-27(22,26-21)25-17-14-15-23-19(20)18(2)3;/h21H,2,4-17H2,1,3H3;/q;+1. The molecule has 1 N–H and O–H groups in total. The maximum atomic E-state index is 12.0. The molecule has 0 saturated heterocycles. The van der Waals surface area contributed by atoms with Crippen molar-refractivity contribution in [3.63, 3.8) is 0 Å². The zero-order valence-electron chi connectivity index (χ0n) is 18.0. The van der Waals surface area contributed by atoms with Gasteiger partial charge in [0.1, 0.15) is 0 Å². The average molecular weight is 431 g/mol. The van der Waals surface area contributed by atoms with E-state index in [9.17, 15) is 9.36 Å². The van der Waals surface area contributed by atoms with Crippen molar-refractivity contribution in [1.29, 1.82) is 0 Å². The monoisotopic (exact) mass is 431 g/mol. The van der Waals surface area contributed by atoms with Crippen LogP contribution in [0.2, 0.25) is 0 Å². The van der Waals surface area contributed by atoms with Crippen molar-refractivity contribution in [2.24, 2.45) is 0 Å². The van der Waals surface area contributed by atoms with E-state index in [2.05, 4.69) is 18.2 Å². The number of unbranched alkanes of at least 4 members (excludes halogenated alkanes) is 9. The molecule has 7 nitrogen and oxygen atoms in total. The van der Waals surface area contributed by atoms with Crippen molar-refractivity contribution >= 4 is 13.8 Å². The number of phosphoric acid groups is 1. The van der Waals surface area contributed by atoms with E-state index < -0.39 is 13.8 Å². The first-order valence-electron chi connectivity index (χ1n) is 10.00. The number of rotatable bonds is 19. The zero-order valence-corrected chi connectivity index (χ0v) is 20.8. The molecule has 9 heteroatoms. The fourth-order valence-corrected chi connectivity index (χ4v) is 3.25. The molecule has 0 aromatic heterocycles. The van der Waals surface area contributed by atoms with Crippen LogP contribution >= 0.6 is 7.82 Å². The molecule has 0 fully saturated rings. The van der Waals surface area contributed by atoms with Gasteiger partial charge in [-0.05, 0) is 13.3 Å². The first kappa shape index (κ1) is 30.5. The second kappa shape index (κ2) is 20.5. The molecule has 0 rings (SSSR count). The van der Waals surface area contributed by atoms with Gasteiger partial charge >= 0.3 is 43.3 Å². The van der Waals surface area contributed by atoms with E-state index in [-0.39, 0.29) is 49.4 Å². The second-order valence-electron chi connectivity index (χ2n) is 6.65. The van der Waals surface area contributed by atoms with Crippen LogP contribution in [0, 0.1) is 0 Å². The molecule has 0 aliphatic carbocycles. The second-order valence-corrected chi connectivity index (χ2v) is 8.22. The van der Waals surface area contributed by atoms with Crippen LogP contribution in [0.4, 0.5) is 0 Å². The fraction of sp³-hybridized carbons (Fsp3) is 0.842. The summed E-state index contributed by atoms with van der Waals surface area (Å²) >= 11 is 0. The number of phosphoric ester groups is 1. The zero-order chi connectivity index (χ0) is 20.4. The Balaban J connectivity index is 0. The third-order valence-corrected chi connectivity index (χ3v) is 5.16. The minimum atomic E-state index is -3.96. The van der Waals surface area contributed by atoms with E-state index >= 15 is 0 Å². The maximum Gasteiger partial charge on any atom is 1.00 e. The van der Waals surface area contributed by atoms with Crippen molar-refractivity contribution in [2.45, 2.75) is 84.5 Å². The molecule has 28 heavy (non-hydrogen) atoms. The van der Waals surface area contributed by atoms with Crippen molar-refractivity contribution in [3.8, 4) is 0 Å². The van der Waals surface area contributed by atoms with Crippen LogP contribution < -0.4 is 29.6 Å². The topological polar surface area (TPSA) is 91.3 Å². The van der Waals surface area contributed by atoms with Crippen molar-refractivity contribution in [3.05, 3.63) is 12.2 Å². The van der Waals surface area contributed by atoms with Gasteiger partial charge in [-0.25, -0.2) is 14.6 Å². The molecule has 0 aromatic carbocycles. The Morgan fingerprint density at radius 3 is 1.79 bits per heavy atom. The van der Waals surface area contributed by atoms with E-state index in [4.69, 9.17) is 19.0 Å². The average Bonchev–Trinajstić information content (AvgIpc) is 2.65. The largest absolute Gasteiger partial charge is 1.00 e. The first-order valence-corrected chi connectivity index (χ1v) is 11.5. The predicted molar refractivity (Wildman–Crippen MR) is 105 cm³/mol. The van der Waals surface area contributed by atoms with Crippen LogP contribution in [-0.2, 0) is 27.8 Å². The summed E-state index contributed by atoms with van der Waals surface area (Å²) in [6.45, 7) is 7.49. The quantitative estimate of drug-likeness (QED) is 0.0639. The molecule has 160 valence electrons. The predicted octanol–water partition coefficient (Wildman–Crippen LogP) is 3.05. The smallest absolute Gasteiger partial charge is 0.462 e. The van der Waals surface area contributed by atoms with E-state index in [1.807, 2.05) is 0 Å². The molecular formula is C19H37NaO7P+. The normalized spacial score (nSPS) is 12.8. The van der Waals surface area contributed by atoms with Crippen molar-refractivity contribution < 1.29 is 62.6 Å². The van der Waals surface area contributed by atoms with E-state index in [0.717, 1.165) is 19.3 Å². The van der Waals surface area contributed by atoms with Gasteiger partial charge in [-0.1, -0.05) is 71.3 Å². The molecule has 0 heterocycles. The van der Waals surface area contributed by atoms with E-state index in [1.165, 1.54) is 44.9 Å². The number of hydrogen-bond acceptors (Lipinski definition) is 7. The fourth-order valence-electron chi connectivity index (χ4n) is 2.37. The van der Waals surface area contributed by atoms with Gasteiger partial charge in [-0.3, -0.25) is 9.05 Å². The van der Waals surface area contributed by atoms with Gasteiger partial charge in [-0.15, -0.1) is 4.67 Å². The summed E-state index contributed by atoms with van der Waals surface area (Å²) < 4.78 is 30.8. The molecule has 0 saturated carbocycles. The molecule has 0 aliphatic rings. The van der Waals surface area contributed by atoms with Gasteiger partial charge in [0.15, 0.2) is 0 Å². The molecule has 0 aromatic rings. The molecule has 0 radical (unpaired) electrons. The number of ether oxygens (including phenoxy) is 1. The molecule has 0 bridgehead atoms. The van der Waals surface area contributed by atoms with Crippen LogP contribution in [-0.4, -0.2) is 31.0 Å². The third-order valence-electron chi connectivity index (χ3n) is 3.97. The number of carbonyl (C=O) groups is 1. The van der Waals surface area contributed by atoms with Crippen molar-refractivity contribution in [2.75, 3.05) is 19.8 Å². The summed E-state index contributed by atoms with van der Waals surface area (Å²) in [5, 5.41) is 8.75. The molecule has 0 amide bonds. The Morgan fingerprint density at radius 1 is 0.857 bits per heavy atom. The third kappa shape index (κ3) is 18.3. The molecule has 1 unspecified atom stereocenters. The molecule has 0 spiro atoms. The van der Waals surface area contributed by atoms with Gasteiger partial charge in [0.2, 0.25) is 0 Å².